The summed E-state index contributed by atoms with van der Waals surface area (Å²) in [6, 6.07) is 13.5. The molecule has 0 radical (unpaired) electrons. The molecule has 0 aliphatic carbocycles. The number of nitrogen functional groups attached to an aromatic ring is 1. The van der Waals surface area contributed by atoms with Crippen LogP contribution in [0.25, 0.3) is 16.7 Å². The van der Waals surface area contributed by atoms with E-state index in [2.05, 4.69) is 51.6 Å². The fraction of sp³-hybridized carbons (Fsp3) is 0.250. The van der Waals surface area contributed by atoms with Gasteiger partial charge in [0.2, 0.25) is 5.95 Å². The van der Waals surface area contributed by atoms with Crippen molar-refractivity contribution in [3.8, 4) is 5.69 Å². The molecule has 0 unspecified atom stereocenters. The molecule has 8 nitrogen and oxygen atoms in total. The molecular weight excluding hydrogens is 473 g/mol. The van der Waals surface area contributed by atoms with Crippen molar-refractivity contribution in [3.63, 3.8) is 0 Å². The summed E-state index contributed by atoms with van der Waals surface area (Å²) in [6.45, 7) is 5.27. The number of anilines is 3. The molecular formula is C24H25Cl2N7O. The zero-order chi connectivity index (χ0) is 24.2. The zero-order valence-electron chi connectivity index (χ0n) is 18.8. The van der Waals surface area contributed by atoms with Crippen molar-refractivity contribution >= 4 is 51.7 Å². The first kappa shape index (κ1) is 23.9. The maximum atomic E-state index is 12.8. The molecule has 0 saturated heterocycles. The first-order chi connectivity index (χ1) is 16.3. The molecule has 0 amide bonds. The van der Waals surface area contributed by atoms with Crippen molar-refractivity contribution in [2.75, 3.05) is 17.6 Å². The molecule has 34 heavy (non-hydrogen) atoms. The third-order valence-electron chi connectivity index (χ3n) is 5.24. The van der Waals surface area contributed by atoms with Gasteiger partial charge >= 0.3 is 5.69 Å². The van der Waals surface area contributed by atoms with E-state index in [1.54, 1.807) is 18.2 Å². The van der Waals surface area contributed by atoms with E-state index in [4.69, 9.17) is 28.9 Å². The highest BCUT2D eigenvalue weighted by Gasteiger charge is 2.17. The van der Waals surface area contributed by atoms with E-state index in [1.807, 2.05) is 12.1 Å². The van der Waals surface area contributed by atoms with Gasteiger partial charge in [0.25, 0.3) is 0 Å². The molecule has 0 spiro atoms. The van der Waals surface area contributed by atoms with Crippen molar-refractivity contribution in [2.24, 2.45) is 0 Å². The fourth-order valence-electron chi connectivity index (χ4n) is 3.55. The van der Waals surface area contributed by atoms with Crippen LogP contribution in [0.5, 0.6) is 0 Å². The van der Waals surface area contributed by atoms with E-state index < -0.39 is 5.69 Å². The molecule has 0 aliphatic rings. The zero-order valence-corrected chi connectivity index (χ0v) is 20.4. The van der Waals surface area contributed by atoms with E-state index in [1.165, 1.54) is 16.3 Å². The first-order valence-electron chi connectivity index (χ1n) is 10.9. The Morgan fingerprint density at radius 1 is 1.06 bits per heavy atom. The van der Waals surface area contributed by atoms with Crippen LogP contribution < -0.4 is 22.1 Å². The lowest BCUT2D eigenvalue weighted by Gasteiger charge is -2.14. The smallest absolute Gasteiger partial charge is 0.355 e. The number of rotatable bonds is 8. The van der Waals surface area contributed by atoms with Crippen molar-refractivity contribution in [3.05, 3.63) is 74.8 Å². The third-order valence-corrected chi connectivity index (χ3v) is 5.85. The van der Waals surface area contributed by atoms with Gasteiger partial charge in [0.05, 0.1) is 21.1 Å². The monoisotopic (exact) mass is 497 g/mol. The average Bonchev–Trinajstić information content (AvgIpc) is 2.79. The Labute approximate surface area is 207 Å². The normalized spacial score (nSPS) is 11.3. The van der Waals surface area contributed by atoms with Gasteiger partial charge in [-0.1, -0.05) is 55.2 Å². The number of aromatic nitrogens is 4. The molecule has 2 heterocycles. The molecule has 2 aromatic carbocycles. The lowest BCUT2D eigenvalue weighted by molar-refractivity contribution is 0.570. The van der Waals surface area contributed by atoms with Gasteiger partial charge in [-0.05, 0) is 49.2 Å². The van der Waals surface area contributed by atoms with Gasteiger partial charge < -0.3 is 16.4 Å². The van der Waals surface area contributed by atoms with E-state index in [0.717, 1.165) is 25.1 Å². The van der Waals surface area contributed by atoms with Gasteiger partial charge in [-0.15, -0.1) is 0 Å². The molecule has 4 N–H and O–H groups in total. The summed E-state index contributed by atoms with van der Waals surface area (Å²) in [5.41, 5.74) is 8.16. The molecule has 0 bridgehead atoms. The second kappa shape index (κ2) is 10.4. The lowest BCUT2D eigenvalue weighted by Crippen LogP contribution is -2.25. The molecule has 0 saturated carbocycles. The van der Waals surface area contributed by atoms with E-state index >= 15 is 0 Å². The number of nitrogens with two attached hydrogens (primary N) is 1. The van der Waals surface area contributed by atoms with Gasteiger partial charge in [-0.2, -0.15) is 9.97 Å². The summed E-state index contributed by atoms with van der Waals surface area (Å²) in [7, 11) is 0. The van der Waals surface area contributed by atoms with Crippen LogP contribution in [0.3, 0.4) is 0 Å². The van der Waals surface area contributed by atoms with Crippen LogP contribution in [0.15, 0.2) is 53.5 Å². The van der Waals surface area contributed by atoms with Crippen LogP contribution in [-0.2, 0) is 6.42 Å². The van der Waals surface area contributed by atoms with Crippen molar-refractivity contribution < 1.29 is 0 Å². The van der Waals surface area contributed by atoms with Gasteiger partial charge in [0, 0.05) is 17.9 Å². The number of fused-ring (bicyclic) bond motifs is 1. The Morgan fingerprint density at radius 2 is 1.76 bits per heavy atom. The van der Waals surface area contributed by atoms with Crippen LogP contribution in [0.4, 0.5) is 17.5 Å². The molecule has 0 atom stereocenters. The third kappa shape index (κ3) is 5.30. The minimum Gasteiger partial charge on any atom is -0.384 e. The predicted octanol–water partition coefficient (Wildman–Crippen LogP) is 4.74. The minimum absolute atomic E-state index is 0.104. The molecule has 10 heteroatoms. The molecule has 0 aliphatic heterocycles. The van der Waals surface area contributed by atoms with Crippen molar-refractivity contribution in [1.82, 2.24) is 24.8 Å². The quantitative estimate of drug-likeness (QED) is 0.301. The van der Waals surface area contributed by atoms with Crippen LogP contribution in [-0.4, -0.2) is 32.1 Å². The molecule has 4 aromatic rings. The molecule has 176 valence electrons. The number of nitrogens with zero attached hydrogens (tertiary/aromatic N) is 4. The van der Waals surface area contributed by atoms with Crippen molar-refractivity contribution in [2.45, 2.75) is 32.7 Å². The second-order valence-electron chi connectivity index (χ2n) is 8.15. The highest BCUT2D eigenvalue weighted by molar-refractivity contribution is 6.37. The minimum atomic E-state index is -0.638. The van der Waals surface area contributed by atoms with Crippen molar-refractivity contribution in [1.29, 1.82) is 0 Å². The van der Waals surface area contributed by atoms with Crippen LogP contribution in [0, 0.1) is 0 Å². The number of hydrogen-bond donors (Lipinski definition) is 3. The summed E-state index contributed by atoms with van der Waals surface area (Å²) >= 11 is 12.5. The van der Waals surface area contributed by atoms with Gasteiger partial charge in [0.1, 0.15) is 5.82 Å². The Bertz CT molecular complexity index is 1350. The van der Waals surface area contributed by atoms with E-state index in [9.17, 15) is 4.79 Å². The average molecular weight is 498 g/mol. The summed E-state index contributed by atoms with van der Waals surface area (Å²) in [5, 5.41) is 7.53. The van der Waals surface area contributed by atoms with E-state index in [-0.39, 0.29) is 27.2 Å². The van der Waals surface area contributed by atoms with Crippen LogP contribution in [0.2, 0.25) is 10.0 Å². The highest BCUT2D eigenvalue weighted by Crippen LogP contribution is 2.30. The van der Waals surface area contributed by atoms with Gasteiger partial charge in [-0.25, -0.2) is 14.3 Å². The number of benzene rings is 2. The number of hydrogen-bond acceptors (Lipinski definition) is 7. The fourth-order valence-corrected chi connectivity index (χ4v) is 4.12. The predicted molar refractivity (Wildman–Crippen MR) is 139 cm³/mol. The maximum absolute atomic E-state index is 12.8. The number of aryl methyl sites for hydroxylation is 1. The number of nitrogens with one attached hydrogen (secondary N) is 2. The summed E-state index contributed by atoms with van der Waals surface area (Å²) < 4.78 is 1.17. The van der Waals surface area contributed by atoms with Crippen LogP contribution in [0.1, 0.15) is 25.8 Å². The molecule has 0 fully saturated rings. The summed E-state index contributed by atoms with van der Waals surface area (Å²) in [6.07, 6.45) is 3.59. The lowest BCUT2D eigenvalue weighted by atomic mass is 10.1. The summed E-state index contributed by atoms with van der Waals surface area (Å²) in [4.78, 5) is 25.6. The Balaban J connectivity index is 1.55. The number of halogens is 2. The maximum Gasteiger partial charge on any atom is 0.355 e. The van der Waals surface area contributed by atoms with E-state index in [0.29, 0.717) is 17.4 Å². The Morgan fingerprint density at radius 3 is 2.44 bits per heavy atom. The molecule has 2 aromatic heterocycles. The standard InChI is InChI=1S/C24H25Cl2N7O/c1-14(2)28-12-4-5-15-8-10-16(11-9-15)30-23-29-13-17-21(27)33(24(34)32-22(17)31-23)20-18(25)6-3-7-19(20)26/h3,6-11,13-14,28H,4-5,12,27H2,1-2H3,(H,30,31,32,34). The Kier molecular flexibility index (Phi) is 7.31. The Hall–Kier alpha value is -3.20. The molecule has 4 rings (SSSR count). The largest absolute Gasteiger partial charge is 0.384 e. The van der Waals surface area contributed by atoms with Gasteiger partial charge in [0.15, 0.2) is 5.65 Å². The number of para-hydroxylation sites is 1. The highest BCUT2D eigenvalue weighted by atomic mass is 35.5. The van der Waals surface area contributed by atoms with Gasteiger partial charge in [-0.3, -0.25) is 0 Å². The summed E-state index contributed by atoms with van der Waals surface area (Å²) in [5.74, 6) is 0.411. The SMILES string of the molecule is CC(C)NCCCc1ccc(Nc2ncc3c(N)n(-c4c(Cl)cccc4Cl)c(=O)nc3n2)cc1. The van der Waals surface area contributed by atoms with Crippen LogP contribution >= 0.6 is 23.2 Å². The topological polar surface area (TPSA) is 111 Å². The first-order valence-corrected chi connectivity index (χ1v) is 11.7. The second-order valence-corrected chi connectivity index (χ2v) is 8.96.